The molecule has 0 radical (unpaired) electrons. The second-order valence-electron chi connectivity index (χ2n) is 7.35. The molecule has 29 heavy (non-hydrogen) atoms. The number of amides is 1. The number of rotatable bonds is 5. The minimum atomic E-state index is -1.50. The van der Waals surface area contributed by atoms with Gasteiger partial charge in [-0.15, -0.1) is 11.3 Å². The highest BCUT2D eigenvalue weighted by molar-refractivity contribution is 7.18. The molecular formula is C22H25N3O3S. The summed E-state index contributed by atoms with van der Waals surface area (Å²) in [7, 11) is 0. The van der Waals surface area contributed by atoms with Crippen LogP contribution in [0, 0.1) is 0 Å². The van der Waals surface area contributed by atoms with Gasteiger partial charge in [0.05, 0.1) is 10.2 Å². The topological polar surface area (TPSA) is 76.9 Å². The van der Waals surface area contributed by atoms with Gasteiger partial charge in [-0.05, 0) is 24.1 Å². The van der Waals surface area contributed by atoms with Crippen LogP contribution in [0.5, 0.6) is 0 Å². The molecule has 0 aliphatic carbocycles. The molecule has 1 aromatic heterocycles. The third kappa shape index (κ3) is 4.64. The molecule has 152 valence electrons. The molecule has 1 saturated heterocycles. The summed E-state index contributed by atoms with van der Waals surface area (Å²) in [4.78, 5) is 21.2. The van der Waals surface area contributed by atoms with Crippen molar-refractivity contribution in [2.75, 3.05) is 26.2 Å². The van der Waals surface area contributed by atoms with Crippen molar-refractivity contribution in [3.05, 3.63) is 65.2 Å². The first-order valence-electron chi connectivity index (χ1n) is 9.88. The zero-order chi connectivity index (χ0) is 20.2. The number of benzene rings is 2. The Morgan fingerprint density at radius 3 is 2.55 bits per heavy atom. The Hall–Kier alpha value is -2.32. The van der Waals surface area contributed by atoms with Gasteiger partial charge in [0.15, 0.2) is 6.10 Å². The molecule has 1 amide bonds. The number of aliphatic hydroxyl groups excluding tert-OH is 2. The predicted molar refractivity (Wildman–Crippen MR) is 114 cm³/mol. The fourth-order valence-corrected chi connectivity index (χ4v) is 4.65. The average Bonchev–Trinajstić information content (AvgIpc) is 3.06. The second kappa shape index (κ2) is 9.00. The molecule has 2 heterocycles. The van der Waals surface area contributed by atoms with Crippen LogP contribution in [-0.4, -0.2) is 63.2 Å². The molecule has 2 N–H and O–H groups in total. The maximum atomic E-state index is 12.8. The first-order valence-corrected chi connectivity index (χ1v) is 10.7. The lowest BCUT2D eigenvalue weighted by Crippen LogP contribution is -2.43. The van der Waals surface area contributed by atoms with Crippen molar-refractivity contribution in [2.45, 2.75) is 25.2 Å². The maximum absolute atomic E-state index is 12.8. The number of fused-ring (bicyclic) bond motifs is 1. The lowest BCUT2D eigenvalue weighted by Gasteiger charge is -2.25. The van der Waals surface area contributed by atoms with Gasteiger partial charge >= 0.3 is 0 Å². The van der Waals surface area contributed by atoms with E-state index in [4.69, 9.17) is 0 Å². The zero-order valence-corrected chi connectivity index (χ0v) is 17.0. The van der Waals surface area contributed by atoms with Gasteiger partial charge in [-0.2, -0.15) is 0 Å². The quantitative estimate of drug-likeness (QED) is 0.674. The van der Waals surface area contributed by atoms with Crippen molar-refractivity contribution >= 4 is 27.5 Å². The van der Waals surface area contributed by atoms with Gasteiger partial charge in [0.25, 0.3) is 5.91 Å². The highest BCUT2D eigenvalue weighted by atomic mass is 32.1. The molecule has 2 atom stereocenters. The van der Waals surface area contributed by atoms with Crippen LogP contribution in [0.3, 0.4) is 0 Å². The van der Waals surface area contributed by atoms with E-state index < -0.39 is 18.1 Å². The first-order chi connectivity index (χ1) is 14.1. The van der Waals surface area contributed by atoms with Crippen molar-refractivity contribution in [2.24, 2.45) is 0 Å². The zero-order valence-electron chi connectivity index (χ0n) is 16.1. The minimum absolute atomic E-state index is 0.368. The molecule has 1 aliphatic heterocycles. The summed E-state index contributed by atoms with van der Waals surface area (Å²) < 4.78 is 0.924. The number of aromatic nitrogens is 1. The van der Waals surface area contributed by atoms with Gasteiger partial charge in [0.2, 0.25) is 0 Å². The van der Waals surface area contributed by atoms with Crippen molar-refractivity contribution in [3.8, 4) is 0 Å². The Bertz CT molecular complexity index is 929. The van der Waals surface area contributed by atoms with Crippen LogP contribution < -0.4 is 0 Å². The van der Waals surface area contributed by atoms with Crippen LogP contribution in [0.2, 0.25) is 0 Å². The molecule has 6 nitrogen and oxygen atoms in total. The van der Waals surface area contributed by atoms with Gasteiger partial charge in [-0.3, -0.25) is 9.69 Å². The lowest BCUT2D eigenvalue weighted by atomic mass is 10.2. The van der Waals surface area contributed by atoms with Gasteiger partial charge in [0.1, 0.15) is 11.1 Å². The number of carbonyl (C=O) groups excluding carboxylic acids is 1. The molecule has 3 aromatic rings. The Morgan fingerprint density at radius 2 is 1.76 bits per heavy atom. The predicted octanol–water partition coefficient (Wildman–Crippen LogP) is 2.43. The number of carbonyl (C=O) groups is 1. The molecule has 2 aromatic carbocycles. The molecule has 4 rings (SSSR count). The SMILES string of the molecule is O=C(C(O)C(O)c1nc2ccccc2s1)N1CCCN(Cc2ccccc2)CC1. The Balaban J connectivity index is 1.38. The average molecular weight is 412 g/mol. The summed E-state index contributed by atoms with van der Waals surface area (Å²) in [6, 6.07) is 17.8. The molecule has 0 spiro atoms. The van der Waals surface area contributed by atoms with Crippen molar-refractivity contribution in [3.63, 3.8) is 0 Å². The normalized spacial score (nSPS) is 17.8. The van der Waals surface area contributed by atoms with E-state index >= 15 is 0 Å². The fourth-order valence-electron chi connectivity index (χ4n) is 3.66. The van der Waals surface area contributed by atoms with Crippen LogP contribution in [0.25, 0.3) is 10.2 Å². The molecular weight excluding hydrogens is 386 g/mol. The number of para-hydroxylation sites is 1. The highest BCUT2D eigenvalue weighted by Crippen LogP contribution is 2.28. The van der Waals surface area contributed by atoms with Crippen LogP contribution in [0.15, 0.2) is 54.6 Å². The van der Waals surface area contributed by atoms with E-state index in [9.17, 15) is 15.0 Å². The summed E-state index contributed by atoms with van der Waals surface area (Å²) in [6.45, 7) is 3.60. The van der Waals surface area contributed by atoms with Crippen LogP contribution in [0.4, 0.5) is 0 Å². The molecule has 1 aliphatic rings. The van der Waals surface area contributed by atoms with Crippen molar-refractivity contribution in [1.29, 1.82) is 0 Å². The van der Waals surface area contributed by atoms with E-state index in [-0.39, 0.29) is 0 Å². The number of hydrogen-bond acceptors (Lipinski definition) is 6. The molecule has 2 unspecified atom stereocenters. The van der Waals surface area contributed by atoms with Crippen LogP contribution in [0.1, 0.15) is 23.1 Å². The van der Waals surface area contributed by atoms with Gasteiger partial charge < -0.3 is 15.1 Å². The first kappa shape index (κ1) is 20.0. The fraction of sp³-hybridized carbons (Fsp3) is 0.364. The van der Waals surface area contributed by atoms with E-state index in [1.807, 2.05) is 42.5 Å². The maximum Gasteiger partial charge on any atom is 0.254 e. The van der Waals surface area contributed by atoms with Gasteiger partial charge in [-0.25, -0.2) is 4.98 Å². The molecule has 0 bridgehead atoms. The van der Waals surface area contributed by atoms with Gasteiger partial charge in [0, 0.05) is 32.7 Å². The number of hydrogen-bond donors (Lipinski definition) is 2. The van der Waals surface area contributed by atoms with Crippen molar-refractivity contribution < 1.29 is 15.0 Å². The smallest absolute Gasteiger partial charge is 0.254 e. The van der Waals surface area contributed by atoms with E-state index in [1.54, 1.807) is 4.90 Å². The van der Waals surface area contributed by atoms with Crippen molar-refractivity contribution in [1.82, 2.24) is 14.8 Å². The van der Waals surface area contributed by atoms with E-state index in [1.165, 1.54) is 16.9 Å². The molecule has 1 fully saturated rings. The number of thiazole rings is 1. The monoisotopic (exact) mass is 411 g/mol. The standard InChI is InChI=1S/C22H25N3O3S/c26-19(21-23-17-9-4-5-10-18(17)29-21)20(27)22(28)25-12-6-11-24(13-14-25)15-16-7-2-1-3-8-16/h1-5,7-10,19-20,26-27H,6,11-15H2. The van der Waals surface area contributed by atoms with Gasteiger partial charge in [-0.1, -0.05) is 42.5 Å². The third-order valence-corrected chi connectivity index (χ3v) is 6.37. The Kier molecular flexibility index (Phi) is 6.20. The summed E-state index contributed by atoms with van der Waals surface area (Å²) in [5.41, 5.74) is 2.01. The second-order valence-corrected chi connectivity index (χ2v) is 8.41. The highest BCUT2D eigenvalue weighted by Gasteiger charge is 2.32. The minimum Gasteiger partial charge on any atom is -0.383 e. The largest absolute Gasteiger partial charge is 0.383 e. The van der Waals surface area contributed by atoms with Crippen LogP contribution in [-0.2, 0) is 11.3 Å². The summed E-state index contributed by atoms with van der Waals surface area (Å²) in [5, 5.41) is 21.4. The third-order valence-electron chi connectivity index (χ3n) is 5.26. The summed E-state index contributed by atoms with van der Waals surface area (Å²) >= 11 is 1.30. The Morgan fingerprint density at radius 1 is 1.00 bits per heavy atom. The summed E-state index contributed by atoms with van der Waals surface area (Å²) in [6.07, 6.45) is -1.98. The summed E-state index contributed by atoms with van der Waals surface area (Å²) in [5.74, 6) is -0.432. The Labute approximate surface area is 174 Å². The molecule has 7 heteroatoms. The van der Waals surface area contributed by atoms with E-state index in [0.717, 1.165) is 36.3 Å². The number of nitrogens with zero attached hydrogens (tertiary/aromatic N) is 3. The van der Waals surface area contributed by atoms with E-state index in [2.05, 4.69) is 22.0 Å². The number of aliphatic hydroxyl groups is 2. The lowest BCUT2D eigenvalue weighted by molar-refractivity contribution is -0.146. The van der Waals surface area contributed by atoms with E-state index in [0.29, 0.717) is 18.1 Å². The molecule has 0 saturated carbocycles. The van der Waals surface area contributed by atoms with Crippen LogP contribution >= 0.6 is 11.3 Å².